The maximum atomic E-state index is 12.8. The van der Waals surface area contributed by atoms with Crippen molar-refractivity contribution in [1.82, 2.24) is 9.36 Å². The first kappa shape index (κ1) is 16.9. The Morgan fingerprint density at radius 3 is 2.61 bits per heavy atom. The van der Waals surface area contributed by atoms with Crippen LogP contribution in [-0.2, 0) is 16.6 Å². The first-order valence-electron chi connectivity index (χ1n) is 6.93. The summed E-state index contributed by atoms with van der Waals surface area (Å²) in [6.07, 6.45) is 0. The van der Waals surface area contributed by atoms with Gasteiger partial charge >= 0.3 is 5.97 Å². The van der Waals surface area contributed by atoms with Gasteiger partial charge in [0.1, 0.15) is 5.25 Å². The Hall–Kier alpha value is -2.46. The van der Waals surface area contributed by atoms with E-state index in [2.05, 4.69) is 10.8 Å². The molecular weight excluding hydrogens is 314 g/mol. The minimum atomic E-state index is -0.724. The summed E-state index contributed by atoms with van der Waals surface area (Å²) in [4.78, 5) is 24.1. The molecule has 0 fully saturated rings. The summed E-state index contributed by atoms with van der Waals surface area (Å²) in [5.41, 5.74) is 1.57. The summed E-state index contributed by atoms with van der Waals surface area (Å²) >= 11 is 1.09. The van der Waals surface area contributed by atoms with E-state index < -0.39 is 11.2 Å². The zero-order chi connectivity index (χ0) is 17.0. The fourth-order valence-corrected chi connectivity index (χ4v) is 3.22. The molecule has 1 atom stereocenters. The highest BCUT2D eigenvalue weighted by Gasteiger charge is 2.25. The molecule has 2 rings (SSSR count). The standard InChI is InChI=1S/C16H17N3O3S/c1-11-15(13(9-17)23-10-14(20)22-3)16(21)19(18(11)2)12-7-5-4-6-8-12/h4-8,13H,10H2,1-3H3. The van der Waals surface area contributed by atoms with Crippen molar-refractivity contribution in [3.63, 3.8) is 0 Å². The van der Waals surface area contributed by atoms with Gasteiger partial charge < -0.3 is 4.74 Å². The van der Waals surface area contributed by atoms with Crippen molar-refractivity contribution in [2.24, 2.45) is 7.05 Å². The molecule has 7 heteroatoms. The third-order valence-electron chi connectivity index (χ3n) is 3.57. The van der Waals surface area contributed by atoms with Crippen LogP contribution in [0.4, 0.5) is 0 Å². The van der Waals surface area contributed by atoms with E-state index in [0.717, 1.165) is 17.4 Å². The number of aromatic nitrogens is 2. The molecule has 0 N–H and O–H groups in total. The number of nitrogens with zero attached hydrogens (tertiary/aromatic N) is 3. The van der Waals surface area contributed by atoms with Crippen LogP contribution in [0.1, 0.15) is 16.5 Å². The van der Waals surface area contributed by atoms with Gasteiger partial charge in [-0.15, -0.1) is 11.8 Å². The highest BCUT2D eigenvalue weighted by molar-refractivity contribution is 8.00. The second-order valence-electron chi connectivity index (χ2n) is 4.87. The maximum absolute atomic E-state index is 12.8. The van der Waals surface area contributed by atoms with Gasteiger partial charge in [-0.1, -0.05) is 18.2 Å². The van der Waals surface area contributed by atoms with Gasteiger partial charge in [0.15, 0.2) is 0 Å². The van der Waals surface area contributed by atoms with Crippen molar-refractivity contribution in [2.45, 2.75) is 12.2 Å². The van der Waals surface area contributed by atoms with E-state index in [1.165, 1.54) is 11.8 Å². The molecule has 0 radical (unpaired) electrons. The van der Waals surface area contributed by atoms with Crippen molar-refractivity contribution < 1.29 is 9.53 Å². The number of nitriles is 1. The number of methoxy groups -OCH3 is 1. The van der Waals surface area contributed by atoms with Crippen LogP contribution in [0.2, 0.25) is 0 Å². The lowest BCUT2D eigenvalue weighted by molar-refractivity contribution is -0.137. The van der Waals surface area contributed by atoms with Crippen LogP contribution in [0.3, 0.4) is 0 Å². The van der Waals surface area contributed by atoms with E-state index >= 15 is 0 Å². The van der Waals surface area contributed by atoms with Gasteiger partial charge in [-0.2, -0.15) is 5.26 Å². The van der Waals surface area contributed by atoms with Crippen molar-refractivity contribution >= 4 is 17.7 Å². The Balaban J connectivity index is 2.46. The van der Waals surface area contributed by atoms with Crippen LogP contribution in [0, 0.1) is 18.3 Å². The number of esters is 1. The van der Waals surface area contributed by atoms with Crippen molar-refractivity contribution in [1.29, 1.82) is 5.26 Å². The molecule has 1 unspecified atom stereocenters. The van der Waals surface area contributed by atoms with Crippen LogP contribution in [0.15, 0.2) is 35.1 Å². The third kappa shape index (κ3) is 3.32. The number of rotatable bonds is 5. The normalized spacial score (nSPS) is 11.7. The van der Waals surface area contributed by atoms with Gasteiger partial charge in [0.2, 0.25) is 0 Å². The summed E-state index contributed by atoms with van der Waals surface area (Å²) in [5.74, 6) is -0.402. The zero-order valence-corrected chi connectivity index (χ0v) is 14.0. The maximum Gasteiger partial charge on any atom is 0.315 e. The van der Waals surface area contributed by atoms with E-state index in [4.69, 9.17) is 0 Å². The van der Waals surface area contributed by atoms with Crippen molar-refractivity contribution in [3.05, 3.63) is 51.9 Å². The second kappa shape index (κ2) is 7.20. The molecule has 0 aliphatic heterocycles. The summed E-state index contributed by atoms with van der Waals surface area (Å²) < 4.78 is 7.82. The molecule has 120 valence electrons. The molecule has 0 saturated heterocycles. The number of carbonyl (C=O) groups is 1. The number of hydrogen-bond acceptors (Lipinski definition) is 5. The van der Waals surface area contributed by atoms with E-state index in [9.17, 15) is 14.9 Å². The predicted molar refractivity (Wildman–Crippen MR) is 88.6 cm³/mol. The molecular formula is C16H17N3O3S. The van der Waals surface area contributed by atoms with Crippen LogP contribution in [-0.4, -0.2) is 28.2 Å². The Morgan fingerprint density at radius 2 is 2.04 bits per heavy atom. The second-order valence-corrected chi connectivity index (χ2v) is 5.96. The van der Waals surface area contributed by atoms with Gasteiger partial charge in [-0.05, 0) is 19.1 Å². The number of ether oxygens (including phenoxy) is 1. The van der Waals surface area contributed by atoms with Gasteiger partial charge in [0.25, 0.3) is 5.56 Å². The predicted octanol–water partition coefficient (Wildman–Crippen LogP) is 1.96. The lowest BCUT2D eigenvalue weighted by atomic mass is 10.2. The molecule has 0 saturated carbocycles. The van der Waals surface area contributed by atoms with Crippen LogP contribution in [0.5, 0.6) is 0 Å². The van der Waals surface area contributed by atoms with Gasteiger partial charge in [0, 0.05) is 12.7 Å². The smallest absolute Gasteiger partial charge is 0.315 e. The molecule has 0 aliphatic rings. The average Bonchev–Trinajstić information content (AvgIpc) is 2.79. The van der Waals surface area contributed by atoms with Crippen molar-refractivity contribution in [2.75, 3.05) is 12.9 Å². The van der Waals surface area contributed by atoms with E-state index in [0.29, 0.717) is 11.3 Å². The van der Waals surface area contributed by atoms with Crippen LogP contribution >= 0.6 is 11.8 Å². The first-order valence-corrected chi connectivity index (χ1v) is 7.98. The molecule has 1 aromatic carbocycles. The Kier molecular flexibility index (Phi) is 5.29. The fourth-order valence-electron chi connectivity index (χ4n) is 2.29. The minimum absolute atomic E-state index is 0.0217. The molecule has 0 aliphatic carbocycles. The topological polar surface area (TPSA) is 77.0 Å². The summed E-state index contributed by atoms with van der Waals surface area (Å²) in [6, 6.07) is 11.3. The molecule has 2 aromatic rings. The first-order chi connectivity index (χ1) is 11.0. The summed E-state index contributed by atoms with van der Waals surface area (Å²) in [6.45, 7) is 1.79. The average molecular weight is 331 g/mol. The Labute approximate surface area is 138 Å². The quantitative estimate of drug-likeness (QED) is 0.783. The van der Waals surface area contributed by atoms with Gasteiger partial charge in [-0.3, -0.25) is 14.3 Å². The van der Waals surface area contributed by atoms with Crippen LogP contribution < -0.4 is 5.56 Å². The number of thioether (sulfide) groups is 1. The molecule has 0 bridgehead atoms. The summed E-state index contributed by atoms with van der Waals surface area (Å²) in [5, 5.41) is 8.68. The van der Waals surface area contributed by atoms with Crippen LogP contribution in [0.25, 0.3) is 5.69 Å². The lowest BCUT2D eigenvalue weighted by Gasteiger charge is -2.08. The van der Waals surface area contributed by atoms with E-state index in [-0.39, 0.29) is 11.3 Å². The molecule has 6 nitrogen and oxygen atoms in total. The highest BCUT2D eigenvalue weighted by atomic mass is 32.2. The monoisotopic (exact) mass is 331 g/mol. The van der Waals surface area contributed by atoms with Gasteiger partial charge in [0.05, 0.1) is 30.2 Å². The van der Waals surface area contributed by atoms with E-state index in [1.807, 2.05) is 30.3 Å². The molecule has 1 heterocycles. The lowest BCUT2D eigenvalue weighted by Crippen LogP contribution is -2.21. The highest BCUT2D eigenvalue weighted by Crippen LogP contribution is 2.28. The Morgan fingerprint density at radius 1 is 1.39 bits per heavy atom. The van der Waals surface area contributed by atoms with Crippen molar-refractivity contribution in [3.8, 4) is 11.8 Å². The fraction of sp³-hybridized carbons (Fsp3) is 0.312. The number of benzene rings is 1. The largest absolute Gasteiger partial charge is 0.468 e. The number of hydrogen-bond donors (Lipinski definition) is 0. The molecule has 23 heavy (non-hydrogen) atoms. The minimum Gasteiger partial charge on any atom is -0.468 e. The number of para-hydroxylation sites is 1. The zero-order valence-electron chi connectivity index (χ0n) is 13.1. The summed E-state index contributed by atoms with van der Waals surface area (Å²) in [7, 11) is 3.06. The Bertz CT molecular complexity index is 802. The third-order valence-corrected chi connectivity index (χ3v) is 4.65. The molecule has 0 spiro atoms. The molecule has 1 aromatic heterocycles. The van der Waals surface area contributed by atoms with E-state index in [1.54, 1.807) is 18.7 Å². The van der Waals surface area contributed by atoms with Gasteiger partial charge in [-0.25, -0.2) is 4.68 Å². The SMILES string of the molecule is COC(=O)CSC(C#N)c1c(C)n(C)n(-c2ccccc2)c1=O. The number of carbonyl (C=O) groups excluding carboxylic acids is 1. The molecule has 0 amide bonds.